The molecule has 182 valence electrons. The number of carboxylic acid groups (broad SMARTS) is 1. The number of ether oxygens (including phenoxy) is 1. The zero-order chi connectivity index (χ0) is 24.1. The zero-order valence-corrected chi connectivity index (χ0v) is 20.1. The number of carbonyl (C=O) groups excluding carboxylic acids is 1. The average Bonchev–Trinajstić information content (AvgIpc) is 3.37. The van der Waals surface area contributed by atoms with Crippen LogP contribution in [0, 0.1) is 0 Å². The van der Waals surface area contributed by atoms with Crippen LogP contribution in [0.25, 0.3) is 0 Å². The fourth-order valence-electron chi connectivity index (χ4n) is 5.29. The Morgan fingerprint density at radius 2 is 1.79 bits per heavy atom. The van der Waals surface area contributed by atoms with Gasteiger partial charge in [0.15, 0.2) is 0 Å². The molecule has 0 aromatic heterocycles. The second-order valence-electron chi connectivity index (χ2n) is 9.18. The molecule has 2 aromatic rings. The molecule has 34 heavy (non-hydrogen) atoms. The Morgan fingerprint density at radius 1 is 1.09 bits per heavy atom. The molecule has 0 bridgehead atoms. The van der Waals surface area contributed by atoms with Crippen molar-refractivity contribution >= 4 is 23.4 Å². The predicted molar refractivity (Wildman–Crippen MR) is 134 cm³/mol. The van der Waals surface area contributed by atoms with Crippen molar-refractivity contribution in [3.8, 4) is 0 Å². The van der Waals surface area contributed by atoms with E-state index in [4.69, 9.17) is 4.74 Å². The number of aryl methyl sites for hydroxylation is 1. The van der Waals surface area contributed by atoms with Gasteiger partial charge in [-0.1, -0.05) is 24.3 Å². The maximum Gasteiger partial charge on any atom is 0.408 e. The highest BCUT2D eigenvalue weighted by atomic mass is 16.5. The Labute approximate surface area is 201 Å². The molecule has 0 radical (unpaired) electrons. The van der Waals surface area contributed by atoms with Crippen LogP contribution < -0.4 is 10.2 Å². The summed E-state index contributed by atoms with van der Waals surface area (Å²) in [5.41, 5.74) is 2.77. The summed E-state index contributed by atoms with van der Waals surface area (Å²) in [5, 5.41) is 13.3. The minimum Gasteiger partial charge on any atom is -0.465 e. The van der Waals surface area contributed by atoms with Crippen molar-refractivity contribution in [1.29, 1.82) is 0 Å². The molecule has 2 aromatic carbocycles. The molecule has 2 N–H and O–H groups in total. The Balaban J connectivity index is 1.63. The molecular weight excluding hydrogens is 430 g/mol. The van der Waals surface area contributed by atoms with E-state index in [0.717, 1.165) is 37.2 Å². The van der Waals surface area contributed by atoms with Crippen LogP contribution in [0.1, 0.15) is 44.2 Å². The van der Waals surface area contributed by atoms with Gasteiger partial charge in [-0.2, -0.15) is 0 Å². The summed E-state index contributed by atoms with van der Waals surface area (Å²) < 4.78 is 5.75. The highest BCUT2D eigenvalue weighted by molar-refractivity contribution is 6.00. The van der Waals surface area contributed by atoms with Crippen molar-refractivity contribution in [1.82, 2.24) is 4.90 Å². The molecule has 2 atom stereocenters. The standard InChI is InChI=1S/C27H35N3O4/c1-3-29(4-2)23-13-11-22(12-14-23)28-25(31)27(16-15-20-8-5-6-9-21(20)18-27)30(26(32)33)19-24-10-7-17-34-24/h5-6,8-9,11-14,24H,3-4,7,10,15-19H2,1-2H3,(H,28,31)(H,32,33). The number of hydrogen-bond acceptors (Lipinski definition) is 4. The zero-order valence-electron chi connectivity index (χ0n) is 20.1. The van der Waals surface area contributed by atoms with Crippen molar-refractivity contribution in [3.63, 3.8) is 0 Å². The second-order valence-corrected chi connectivity index (χ2v) is 9.18. The number of fused-ring (bicyclic) bond motifs is 1. The van der Waals surface area contributed by atoms with Gasteiger partial charge in [-0.3, -0.25) is 9.69 Å². The van der Waals surface area contributed by atoms with Gasteiger partial charge in [-0.15, -0.1) is 0 Å². The third-order valence-corrected chi connectivity index (χ3v) is 7.24. The Morgan fingerprint density at radius 3 is 2.41 bits per heavy atom. The van der Waals surface area contributed by atoms with Crippen LogP contribution in [-0.4, -0.2) is 59.9 Å². The molecule has 0 spiro atoms. The van der Waals surface area contributed by atoms with Crippen molar-refractivity contribution in [2.24, 2.45) is 0 Å². The molecule has 2 amide bonds. The SMILES string of the molecule is CCN(CC)c1ccc(NC(=O)C2(N(CC3CCCO3)C(=O)O)CCc3ccccc3C2)cc1. The van der Waals surface area contributed by atoms with E-state index in [2.05, 4.69) is 30.1 Å². The number of amides is 2. The topological polar surface area (TPSA) is 82.1 Å². The van der Waals surface area contributed by atoms with E-state index in [1.54, 1.807) is 0 Å². The maximum atomic E-state index is 13.9. The molecule has 1 saturated heterocycles. The summed E-state index contributed by atoms with van der Waals surface area (Å²) in [6.45, 7) is 6.87. The van der Waals surface area contributed by atoms with Crippen LogP contribution in [-0.2, 0) is 22.4 Å². The minimum absolute atomic E-state index is 0.175. The molecule has 1 heterocycles. The number of rotatable bonds is 8. The molecule has 4 rings (SSSR count). The first kappa shape index (κ1) is 24.1. The molecule has 2 unspecified atom stereocenters. The monoisotopic (exact) mass is 465 g/mol. The number of anilines is 2. The van der Waals surface area contributed by atoms with Gasteiger partial charge >= 0.3 is 6.09 Å². The van der Waals surface area contributed by atoms with Gasteiger partial charge in [-0.05, 0) is 74.9 Å². The lowest BCUT2D eigenvalue weighted by Gasteiger charge is -2.44. The van der Waals surface area contributed by atoms with E-state index < -0.39 is 11.6 Å². The molecule has 1 fully saturated rings. The maximum absolute atomic E-state index is 13.9. The van der Waals surface area contributed by atoms with Gasteiger partial charge in [0.2, 0.25) is 0 Å². The van der Waals surface area contributed by atoms with E-state index >= 15 is 0 Å². The lowest BCUT2D eigenvalue weighted by Crippen LogP contribution is -2.63. The summed E-state index contributed by atoms with van der Waals surface area (Å²) in [4.78, 5) is 30.0. The van der Waals surface area contributed by atoms with Gasteiger partial charge in [0.25, 0.3) is 5.91 Å². The highest BCUT2D eigenvalue weighted by Crippen LogP contribution is 2.36. The average molecular weight is 466 g/mol. The van der Waals surface area contributed by atoms with Gasteiger partial charge in [0, 0.05) is 37.5 Å². The number of carbonyl (C=O) groups is 2. The number of nitrogens with zero attached hydrogens (tertiary/aromatic N) is 2. The van der Waals surface area contributed by atoms with Crippen LogP contribution in [0.4, 0.5) is 16.2 Å². The summed E-state index contributed by atoms with van der Waals surface area (Å²) >= 11 is 0. The van der Waals surface area contributed by atoms with Gasteiger partial charge in [0.1, 0.15) is 5.54 Å². The highest BCUT2D eigenvalue weighted by Gasteiger charge is 2.49. The lowest BCUT2D eigenvalue weighted by molar-refractivity contribution is -0.129. The van der Waals surface area contributed by atoms with Gasteiger partial charge in [0.05, 0.1) is 12.6 Å². The van der Waals surface area contributed by atoms with Crippen molar-refractivity contribution in [2.45, 2.75) is 57.6 Å². The van der Waals surface area contributed by atoms with Crippen LogP contribution in [0.2, 0.25) is 0 Å². The fourth-order valence-corrected chi connectivity index (χ4v) is 5.29. The lowest BCUT2D eigenvalue weighted by atomic mass is 9.76. The molecule has 7 nitrogen and oxygen atoms in total. The second kappa shape index (κ2) is 10.5. The van der Waals surface area contributed by atoms with Crippen LogP contribution in [0.5, 0.6) is 0 Å². The quantitative estimate of drug-likeness (QED) is 0.597. The van der Waals surface area contributed by atoms with Crippen molar-refractivity contribution in [2.75, 3.05) is 36.5 Å². The third-order valence-electron chi connectivity index (χ3n) is 7.24. The molecule has 1 aliphatic carbocycles. The summed E-state index contributed by atoms with van der Waals surface area (Å²) in [5.74, 6) is -0.280. The van der Waals surface area contributed by atoms with Crippen molar-refractivity contribution in [3.05, 3.63) is 59.7 Å². The first-order chi connectivity index (χ1) is 16.5. The smallest absolute Gasteiger partial charge is 0.408 e. The largest absolute Gasteiger partial charge is 0.465 e. The van der Waals surface area contributed by atoms with Gasteiger partial charge < -0.3 is 20.1 Å². The number of hydrogen-bond donors (Lipinski definition) is 2. The molecule has 1 aliphatic heterocycles. The normalized spacial score (nSPS) is 21.5. The van der Waals surface area contributed by atoms with E-state index in [1.165, 1.54) is 10.5 Å². The van der Waals surface area contributed by atoms with E-state index in [-0.39, 0.29) is 18.6 Å². The Kier molecular flexibility index (Phi) is 7.41. The number of benzene rings is 2. The van der Waals surface area contributed by atoms with Gasteiger partial charge in [-0.25, -0.2) is 4.79 Å². The van der Waals surface area contributed by atoms with Crippen LogP contribution >= 0.6 is 0 Å². The predicted octanol–water partition coefficient (Wildman–Crippen LogP) is 4.56. The Bertz CT molecular complexity index is 999. The van der Waals surface area contributed by atoms with E-state index in [9.17, 15) is 14.7 Å². The van der Waals surface area contributed by atoms with Crippen LogP contribution in [0.3, 0.4) is 0 Å². The van der Waals surface area contributed by atoms with Crippen molar-refractivity contribution < 1.29 is 19.4 Å². The third kappa shape index (κ3) is 4.89. The molecular formula is C27H35N3O4. The summed E-state index contributed by atoms with van der Waals surface area (Å²) in [6, 6.07) is 15.8. The summed E-state index contributed by atoms with van der Waals surface area (Å²) in [6.07, 6.45) is 1.91. The first-order valence-corrected chi connectivity index (χ1v) is 12.3. The number of nitrogens with one attached hydrogen (secondary N) is 1. The fraction of sp³-hybridized carbons (Fsp3) is 0.481. The molecule has 2 aliphatic rings. The Hall–Kier alpha value is -3.06. The molecule has 0 saturated carbocycles. The molecule has 7 heteroatoms. The first-order valence-electron chi connectivity index (χ1n) is 12.3. The minimum atomic E-state index is -1.19. The van der Waals surface area contributed by atoms with E-state index in [0.29, 0.717) is 31.6 Å². The van der Waals surface area contributed by atoms with Crippen LogP contribution in [0.15, 0.2) is 48.5 Å². The van der Waals surface area contributed by atoms with E-state index in [1.807, 2.05) is 42.5 Å². The summed E-state index contributed by atoms with van der Waals surface area (Å²) in [7, 11) is 0.